The average molecular weight is 281 g/mol. The van der Waals surface area contributed by atoms with Gasteiger partial charge >= 0.3 is 0 Å². The lowest BCUT2D eigenvalue weighted by Crippen LogP contribution is -2.00. The van der Waals surface area contributed by atoms with Gasteiger partial charge < -0.3 is 4.74 Å². The van der Waals surface area contributed by atoms with E-state index in [4.69, 9.17) is 16.3 Å². The molecule has 0 fully saturated rings. The SMILES string of the molecule is CCOCc1nc(Cl)cc(Sc2ccccc2)n1. The number of hydrogen-bond acceptors (Lipinski definition) is 4. The normalized spacial score (nSPS) is 10.6. The highest BCUT2D eigenvalue weighted by atomic mass is 35.5. The summed E-state index contributed by atoms with van der Waals surface area (Å²) in [7, 11) is 0. The molecule has 0 radical (unpaired) electrons. The summed E-state index contributed by atoms with van der Waals surface area (Å²) in [4.78, 5) is 9.66. The van der Waals surface area contributed by atoms with Crippen molar-refractivity contribution in [3.8, 4) is 0 Å². The first-order chi connectivity index (χ1) is 8.78. The second kappa shape index (κ2) is 6.73. The van der Waals surface area contributed by atoms with E-state index in [2.05, 4.69) is 9.97 Å². The molecule has 0 amide bonds. The fourth-order valence-corrected chi connectivity index (χ4v) is 2.48. The van der Waals surface area contributed by atoms with E-state index < -0.39 is 0 Å². The van der Waals surface area contributed by atoms with E-state index in [9.17, 15) is 0 Å². The molecule has 3 nitrogen and oxygen atoms in total. The molecule has 1 heterocycles. The monoisotopic (exact) mass is 280 g/mol. The number of ether oxygens (including phenoxy) is 1. The zero-order valence-electron chi connectivity index (χ0n) is 9.97. The zero-order valence-corrected chi connectivity index (χ0v) is 11.5. The number of nitrogens with zero attached hydrogens (tertiary/aromatic N) is 2. The van der Waals surface area contributed by atoms with Crippen molar-refractivity contribution in [2.75, 3.05) is 6.61 Å². The lowest BCUT2D eigenvalue weighted by atomic mass is 10.4. The van der Waals surface area contributed by atoms with Gasteiger partial charge in [0.05, 0.1) is 0 Å². The molecule has 0 bridgehead atoms. The molecule has 0 atom stereocenters. The summed E-state index contributed by atoms with van der Waals surface area (Å²) in [6, 6.07) is 11.8. The summed E-state index contributed by atoms with van der Waals surface area (Å²) in [6.07, 6.45) is 0. The highest BCUT2D eigenvalue weighted by Gasteiger charge is 2.05. The summed E-state index contributed by atoms with van der Waals surface area (Å²) in [5.74, 6) is 0.614. The molecule has 0 unspecified atom stereocenters. The van der Waals surface area contributed by atoms with E-state index in [0.29, 0.717) is 24.2 Å². The van der Waals surface area contributed by atoms with Gasteiger partial charge in [-0.3, -0.25) is 0 Å². The van der Waals surface area contributed by atoms with Gasteiger partial charge in [0.15, 0.2) is 5.82 Å². The van der Waals surface area contributed by atoms with Crippen molar-refractivity contribution in [3.63, 3.8) is 0 Å². The predicted molar refractivity (Wildman–Crippen MR) is 72.9 cm³/mol. The Hall–Kier alpha value is -1.10. The van der Waals surface area contributed by atoms with E-state index in [0.717, 1.165) is 9.92 Å². The minimum atomic E-state index is 0.388. The van der Waals surface area contributed by atoms with Crippen LogP contribution in [0.3, 0.4) is 0 Å². The van der Waals surface area contributed by atoms with Gasteiger partial charge in [0.25, 0.3) is 0 Å². The Balaban J connectivity index is 2.15. The predicted octanol–water partition coefficient (Wildman–Crippen LogP) is 3.82. The van der Waals surface area contributed by atoms with Crippen LogP contribution in [-0.2, 0) is 11.3 Å². The lowest BCUT2D eigenvalue weighted by molar-refractivity contribution is 0.128. The molecule has 0 aliphatic carbocycles. The molecule has 0 saturated heterocycles. The summed E-state index contributed by atoms with van der Waals surface area (Å²) in [5, 5.41) is 1.27. The van der Waals surface area contributed by atoms with E-state index in [1.165, 1.54) is 0 Å². The topological polar surface area (TPSA) is 35.0 Å². The van der Waals surface area contributed by atoms with Gasteiger partial charge in [-0.05, 0) is 19.1 Å². The smallest absolute Gasteiger partial charge is 0.157 e. The third-order valence-corrected chi connectivity index (χ3v) is 3.24. The third kappa shape index (κ3) is 3.98. The zero-order chi connectivity index (χ0) is 12.8. The summed E-state index contributed by atoms with van der Waals surface area (Å²) in [6.45, 7) is 2.96. The van der Waals surface area contributed by atoms with Crippen molar-refractivity contribution in [3.05, 3.63) is 47.4 Å². The van der Waals surface area contributed by atoms with Crippen LogP contribution in [0.5, 0.6) is 0 Å². The molecule has 94 valence electrons. The molecule has 5 heteroatoms. The summed E-state index contributed by atoms with van der Waals surface area (Å²) >= 11 is 7.53. The van der Waals surface area contributed by atoms with Crippen molar-refractivity contribution < 1.29 is 4.74 Å². The van der Waals surface area contributed by atoms with Crippen molar-refractivity contribution in [1.82, 2.24) is 9.97 Å². The van der Waals surface area contributed by atoms with E-state index in [1.54, 1.807) is 17.8 Å². The Morgan fingerprint density at radius 1 is 1.22 bits per heavy atom. The van der Waals surface area contributed by atoms with Crippen LogP contribution in [0.4, 0.5) is 0 Å². The molecule has 0 spiro atoms. The molecule has 2 aromatic rings. The minimum absolute atomic E-state index is 0.388. The fourth-order valence-electron chi connectivity index (χ4n) is 1.36. The fraction of sp³-hybridized carbons (Fsp3) is 0.231. The molecule has 0 saturated carbocycles. The highest BCUT2D eigenvalue weighted by molar-refractivity contribution is 7.99. The molecule has 1 aromatic heterocycles. The molecule has 18 heavy (non-hydrogen) atoms. The van der Waals surface area contributed by atoms with Crippen LogP contribution in [0.2, 0.25) is 5.15 Å². The van der Waals surface area contributed by atoms with Crippen LogP contribution >= 0.6 is 23.4 Å². The van der Waals surface area contributed by atoms with Gasteiger partial charge in [-0.2, -0.15) is 0 Å². The maximum absolute atomic E-state index is 5.98. The number of aromatic nitrogens is 2. The third-order valence-electron chi connectivity index (χ3n) is 2.12. The van der Waals surface area contributed by atoms with Gasteiger partial charge in [0.1, 0.15) is 16.8 Å². The van der Waals surface area contributed by atoms with E-state index in [-0.39, 0.29) is 0 Å². The molecular weight excluding hydrogens is 268 g/mol. The number of rotatable bonds is 5. The van der Waals surface area contributed by atoms with Gasteiger partial charge in [0.2, 0.25) is 0 Å². The van der Waals surface area contributed by atoms with E-state index in [1.807, 2.05) is 37.3 Å². The van der Waals surface area contributed by atoms with Crippen molar-refractivity contribution >= 4 is 23.4 Å². The Morgan fingerprint density at radius 3 is 2.72 bits per heavy atom. The molecule has 1 aromatic carbocycles. The van der Waals surface area contributed by atoms with Gasteiger partial charge in [-0.25, -0.2) is 9.97 Å². The number of hydrogen-bond donors (Lipinski definition) is 0. The molecule has 0 N–H and O–H groups in total. The first-order valence-corrected chi connectivity index (χ1v) is 6.81. The Labute approximate surface area is 116 Å². The average Bonchev–Trinajstić information content (AvgIpc) is 2.37. The number of halogens is 1. The summed E-state index contributed by atoms with van der Waals surface area (Å²) < 4.78 is 5.29. The van der Waals surface area contributed by atoms with Crippen LogP contribution in [0.25, 0.3) is 0 Å². The van der Waals surface area contributed by atoms with Crippen LogP contribution < -0.4 is 0 Å². The molecule has 0 aliphatic heterocycles. The van der Waals surface area contributed by atoms with Crippen LogP contribution in [-0.4, -0.2) is 16.6 Å². The summed E-state index contributed by atoms with van der Waals surface area (Å²) in [5.41, 5.74) is 0. The van der Waals surface area contributed by atoms with Crippen LogP contribution in [0.15, 0.2) is 46.3 Å². The van der Waals surface area contributed by atoms with Crippen molar-refractivity contribution in [2.45, 2.75) is 23.5 Å². The van der Waals surface area contributed by atoms with Crippen LogP contribution in [0.1, 0.15) is 12.7 Å². The van der Waals surface area contributed by atoms with Gasteiger partial charge in [0, 0.05) is 17.6 Å². The van der Waals surface area contributed by atoms with Gasteiger partial charge in [-0.15, -0.1) is 0 Å². The maximum Gasteiger partial charge on any atom is 0.157 e. The Bertz CT molecular complexity index is 508. The molecule has 2 rings (SSSR count). The molecule has 0 aliphatic rings. The second-order valence-electron chi connectivity index (χ2n) is 3.50. The first-order valence-electron chi connectivity index (χ1n) is 5.62. The largest absolute Gasteiger partial charge is 0.374 e. The standard InChI is InChI=1S/C13H13ClN2OS/c1-2-17-9-12-15-11(14)8-13(16-12)18-10-6-4-3-5-7-10/h3-8H,2,9H2,1H3. The second-order valence-corrected chi connectivity index (χ2v) is 4.98. The minimum Gasteiger partial charge on any atom is -0.374 e. The quantitative estimate of drug-likeness (QED) is 0.780. The van der Waals surface area contributed by atoms with Crippen molar-refractivity contribution in [1.29, 1.82) is 0 Å². The highest BCUT2D eigenvalue weighted by Crippen LogP contribution is 2.27. The van der Waals surface area contributed by atoms with E-state index >= 15 is 0 Å². The maximum atomic E-state index is 5.98. The van der Waals surface area contributed by atoms with Crippen LogP contribution in [0, 0.1) is 0 Å². The van der Waals surface area contributed by atoms with Gasteiger partial charge in [-0.1, -0.05) is 41.6 Å². The number of benzene rings is 1. The molecular formula is C13H13ClN2OS. The first kappa shape index (κ1) is 13.3. The Morgan fingerprint density at radius 2 is 2.00 bits per heavy atom. The van der Waals surface area contributed by atoms with Crippen molar-refractivity contribution in [2.24, 2.45) is 0 Å². The lowest BCUT2D eigenvalue weighted by Gasteiger charge is -2.05. The Kier molecular flexibility index (Phi) is 4.99.